The van der Waals surface area contributed by atoms with Crippen LogP contribution in [0.4, 0.5) is 5.69 Å². The van der Waals surface area contributed by atoms with Gasteiger partial charge in [-0.3, -0.25) is 9.88 Å². The maximum atomic E-state index is 5.43. The second kappa shape index (κ2) is 7.27. The average Bonchev–Trinajstić information content (AvgIpc) is 3.06. The molecule has 5 nitrogen and oxygen atoms in total. The Morgan fingerprint density at radius 1 is 1.30 bits per heavy atom. The lowest BCUT2D eigenvalue weighted by molar-refractivity contribution is 0.243. The number of methoxy groups -OCH3 is 1. The van der Waals surface area contributed by atoms with Crippen molar-refractivity contribution in [3.05, 3.63) is 47.0 Å². The number of pyridine rings is 2. The van der Waals surface area contributed by atoms with Crippen LogP contribution in [0, 0.1) is 0 Å². The van der Waals surface area contributed by atoms with Gasteiger partial charge >= 0.3 is 0 Å². The molecule has 0 aromatic carbocycles. The Labute approximate surface area is 145 Å². The van der Waals surface area contributed by atoms with E-state index in [1.807, 2.05) is 24.5 Å². The molecular formula is C17H21BrN4O. The topological polar surface area (TPSA) is 41.5 Å². The van der Waals surface area contributed by atoms with Gasteiger partial charge in [0.2, 0.25) is 0 Å². The molecule has 23 heavy (non-hydrogen) atoms. The van der Waals surface area contributed by atoms with Gasteiger partial charge in [0.05, 0.1) is 12.8 Å². The molecule has 122 valence electrons. The first-order chi connectivity index (χ1) is 11.2. The first-order valence-corrected chi connectivity index (χ1v) is 8.51. The van der Waals surface area contributed by atoms with Crippen LogP contribution in [0.2, 0.25) is 0 Å². The summed E-state index contributed by atoms with van der Waals surface area (Å²) in [5.74, 6) is 0.837. The SMILES string of the molecule is COc1ccc(Br)nc1CN(C)C1CCN(c2ccncc2)C1. The molecule has 0 amide bonds. The van der Waals surface area contributed by atoms with Gasteiger partial charge < -0.3 is 9.64 Å². The molecule has 1 atom stereocenters. The number of anilines is 1. The van der Waals surface area contributed by atoms with E-state index in [1.54, 1.807) is 7.11 Å². The maximum absolute atomic E-state index is 5.43. The zero-order chi connectivity index (χ0) is 16.2. The standard InChI is InChI=1S/C17H21BrN4O/c1-21(12-15-16(23-2)3-4-17(18)20-15)14-7-10-22(11-14)13-5-8-19-9-6-13/h3-6,8-9,14H,7,10-12H2,1-2H3. The quantitative estimate of drug-likeness (QED) is 0.750. The summed E-state index contributed by atoms with van der Waals surface area (Å²) in [6.07, 6.45) is 4.85. The van der Waals surface area contributed by atoms with Gasteiger partial charge in [-0.05, 0) is 53.7 Å². The largest absolute Gasteiger partial charge is 0.495 e. The zero-order valence-electron chi connectivity index (χ0n) is 13.4. The highest BCUT2D eigenvalue weighted by molar-refractivity contribution is 9.10. The van der Waals surface area contributed by atoms with Crippen molar-refractivity contribution in [1.29, 1.82) is 0 Å². The molecule has 1 unspecified atom stereocenters. The van der Waals surface area contributed by atoms with Crippen molar-refractivity contribution in [2.75, 3.05) is 32.1 Å². The van der Waals surface area contributed by atoms with Crippen molar-refractivity contribution in [3.8, 4) is 5.75 Å². The lowest BCUT2D eigenvalue weighted by Crippen LogP contribution is -2.34. The molecule has 1 aliphatic rings. The monoisotopic (exact) mass is 376 g/mol. The van der Waals surface area contributed by atoms with Gasteiger partial charge in [0.1, 0.15) is 10.4 Å². The highest BCUT2D eigenvalue weighted by Gasteiger charge is 2.26. The molecule has 2 aromatic rings. The summed E-state index contributed by atoms with van der Waals surface area (Å²) in [4.78, 5) is 13.4. The van der Waals surface area contributed by atoms with Crippen molar-refractivity contribution < 1.29 is 4.74 Å². The average molecular weight is 377 g/mol. The minimum atomic E-state index is 0.508. The molecule has 6 heteroatoms. The fourth-order valence-electron chi connectivity index (χ4n) is 3.02. The molecule has 1 aliphatic heterocycles. The van der Waals surface area contributed by atoms with E-state index in [2.05, 4.69) is 54.9 Å². The number of nitrogens with zero attached hydrogens (tertiary/aromatic N) is 4. The van der Waals surface area contributed by atoms with E-state index in [-0.39, 0.29) is 0 Å². The van der Waals surface area contributed by atoms with Crippen LogP contribution in [-0.4, -0.2) is 48.2 Å². The highest BCUT2D eigenvalue weighted by Crippen LogP contribution is 2.25. The van der Waals surface area contributed by atoms with Crippen molar-refractivity contribution in [2.45, 2.75) is 19.0 Å². The van der Waals surface area contributed by atoms with Crippen LogP contribution in [0.5, 0.6) is 5.75 Å². The van der Waals surface area contributed by atoms with Gasteiger partial charge in [-0.1, -0.05) is 0 Å². The molecule has 0 bridgehead atoms. The molecule has 0 saturated carbocycles. The van der Waals surface area contributed by atoms with Gasteiger partial charge in [-0.25, -0.2) is 4.98 Å². The Balaban J connectivity index is 1.66. The van der Waals surface area contributed by atoms with Crippen LogP contribution < -0.4 is 9.64 Å². The van der Waals surface area contributed by atoms with Crippen molar-refractivity contribution in [1.82, 2.24) is 14.9 Å². The number of hydrogen-bond donors (Lipinski definition) is 0. The first kappa shape index (κ1) is 16.2. The van der Waals surface area contributed by atoms with Crippen LogP contribution in [0.15, 0.2) is 41.3 Å². The third kappa shape index (κ3) is 3.82. The summed E-state index contributed by atoms with van der Waals surface area (Å²) < 4.78 is 6.27. The summed E-state index contributed by atoms with van der Waals surface area (Å²) in [6, 6.07) is 8.51. The Morgan fingerprint density at radius 2 is 2.09 bits per heavy atom. The molecule has 1 fully saturated rings. The minimum absolute atomic E-state index is 0.508. The summed E-state index contributed by atoms with van der Waals surface area (Å²) in [7, 11) is 3.85. The van der Waals surface area contributed by atoms with Gasteiger partial charge in [0, 0.05) is 43.8 Å². The summed E-state index contributed by atoms with van der Waals surface area (Å²) >= 11 is 3.44. The van der Waals surface area contributed by atoms with Gasteiger partial charge in [0.25, 0.3) is 0 Å². The van der Waals surface area contributed by atoms with Gasteiger partial charge in [-0.2, -0.15) is 0 Å². The lowest BCUT2D eigenvalue weighted by atomic mass is 10.2. The van der Waals surface area contributed by atoms with Crippen LogP contribution in [0.3, 0.4) is 0 Å². The van der Waals surface area contributed by atoms with E-state index in [0.717, 1.165) is 42.1 Å². The van der Waals surface area contributed by atoms with Gasteiger partial charge in [-0.15, -0.1) is 0 Å². The second-order valence-electron chi connectivity index (χ2n) is 5.79. The van der Waals surface area contributed by atoms with Crippen LogP contribution in [0.25, 0.3) is 0 Å². The zero-order valence-corrected chi connectivity index (χ0v) is 15.0. The first-order valence-electron chi connectivity index (χ1n) is 7.72. The molecule has 3 rings (SSSR count). The molecule has 3 heterocycles. The number of halogens is 1. The Hall–Kier alpha value is -1.66. The van der Waals surface area contributed by atoms with Crippen molar-refractivity contribution in [3.63, 3.8) is 0 Å². The van der Waals surface area contributed by atoms with E-state index < -0.39 is 0 Å². The number of aromatic nitrogens is 2. The predicted octanol–water partition coefficient (Wildman–Crippen LogP) is 2.96. The number of hydrogen-bond acceptors (Lipinski definition) is 5. The van der Waals surface area contributed by atoms with Crippen LogP contribution >= 0.6 is 15.9 Å². The number of likely N-dealkylation sites (N-methyl/N-ethyl adjacent to an activating group) is 1. The molecule has 2 aromatic heterocycles. The Bertz CT molecular complexity index is 652. The highest BCUT2D eigenvalue weighted by atomic mass is 79.9. The van der Waals surface area contributed by atoms with Crippen molar-refractivity contribution in [2.24, 2.45) is 0 Å². The Kier molecular flexibility index (Phi) is 5.13. The molecule has 0 spiro atoms. The lowest BCUT2D eigenvalue weighted by Gasteiger charge is -2.25. The van der Waals surface area contributed by atoms with E-state index in [0.29, 0.717) is 6.04 Å². The fourth-order valence-corrected chi connectivity index (χ4v) is 3.36. The minimum Gasteiger partial charge on any atom is -0.495 e. The van der Waals surface area contributed by atoms with Gasteiger partial charge in [0.15, 0.2) is 0 Å². The Morgan fingerprint density at radius 3 is 2.83 bits per heavy atom. The molecule has 0 aliphatic carbocycles. The third-order valence-corrected chi connectivity index (χ3v) is 4.77. The molecule has 0 radical (unpaired) electrons. The maximum Gasteiger partial charge on any atom is 0.141 e. The normalized spacial score (nSPS) is 17.7. The van der Waals surface area contributed by atoms with E-state index in [9.17, 15) is 0 Å². The molecular weight excluding hydrogens is 356 g/mol. The number of rotatable bonds is 5. The summed E-state index contributed by atoms with van der Waals surface area (Å²) in [5, 5.41) is 0. The number of ether oxygens (including phenoxy) is 1. The van der Waals surface area contributed by atoms with Crippen LogP contribution in [-0.2, 0) is 6.54 Å². The molecule has 0 N–H and O–H groups in total. The predicted molar refractivity (Wildman–Crippen MR) is 94.8 cm³/mol. The van der Waals surface area contributed by atoms with Crippen molar-refractivity contribution >= 4 is 21.6 Å². The second-order valence-corrected chi connectivity index (χ2v) is 6.60. The fraction of sp³-hybridized carbons (Fsp3) is 0.412. The summed E-state index contributed by atoms with van der Waals surface area (Å²) in [5.41, 5.74) is 2.21. The van der Waals surface area contributed by atoms with E-state index in [4.69, 9.17) is 4.74 Å². The van der Waals surface area contributed by atoms with Crippen LogP contribution in [0.1, 0.15) is 12.1 Å². The summed E-state index contributed by atoms with van der Waals surface area (Å²) in [6.45, 7) is 2.87. The smallest absolute Gasteiger partial charge is 0.141 e. The van der Waals surface area contributed by atoms with E-state index >= 15 is 0 Å². The van der Waals surface area contributed by atoms with E-state index in [1.165, 1.54) is 5.69 Å². The third-order valence-electron chi connectivity index (χ3n) is 4.33. The molecule has 1 saturated heterocycles.